The number of nitrogens with zero attached hydrogens (tertiary/aromatic N) is 2. The number of hydrogen-bond donors (Lipinski definition) is 0. The van der Waals surface area contributed by atoms with Crippen molar-refractivity contribution in [3.05, 3.63) is 29.0 Å². The van der Waals surface area contributed by atoms with Crippen molar-refractivity contribution >= 4 is 27.0 Å². The van der Waals surface area contributed by atoms with E-state index in [1.54, 1.807) is 12.4 Å². The molecular formula is C12H13BrN2O. The second kappa shape index (κ2) is 4.78. The molecule has 0 radical (unpaired) electrons. The fraction of sp³-hybridized carbons (Fsp3) is 0.333. The highest BCUT2D eigenvalue weighted by atomic mass is 79.9. The van der Waals surface area contributed by atoms with Gasteiger partial charge in [0.15, 0.2) is 0 Å². The Morgan fingerprint density at radius 2 is 2.25 bits per heavy atom. The first kappa shape index (κ1) is 11.3. The zero-order valence-electron chi connectivity index (χ0n) is 9.27. The Morgan fingerprint density at radius 1 is 1.44 bits per heavy atom. The van der Waals surface area contributed by atoms with Crippen molar-refractivity contribution in [3.8, 4) is 5.75 Å². The second-order valence-electron chi connectivity index (χ2n) is 3.67. The largest absolute Gasteiger partial charge is 0.488 e. The third-order valence-electron chi connectivity index (χ3n) is 2.41. The highest BCUT2D eigenvalue weighted by molar-refractivity contribution is 9.10. The summed E-state index contributed by atoms with van der Waals surface area (Å²) in [6, 6.07) is 3.79. The molecular weight excluding hydrogens is 268 g/mol. The third-order valence-corrected chi connectivity index (χ3v) is 2.84. The fourth-order valence-corrected chi connectivity index (χ4v) is 1.70. The first-order valence-corrected chi connectivity index (χ1v) is 6.07. The molecule has 2 rings (SSSR count). The summed E-state index contributed by atoms with van der Waals surface area (Å²) in [5.74, 6) is 0.798. The molecule has 0 amide bonds. The van der Waals surface area contributed by atoms with Gasteiger partial charge in [-0.15, -0.1) is 0 Å². The van der Waals surface area contributed by atoms with Crippen molar-refractivity contribution in [1.29, 1.82) is 0 Å². The Bertz CT molecular complexity index is 501. The summed E-state index contributed by atoms with van der Waals surface area (Å²) in [5.41, 5.74) is 1.65. The molecule has 84 valence electrons. The van der Waals surface area contributed by atoms with E-state index in [9.17, 15) is 0 Å². The Hall–Kier alpha value is -1.16. The normalized spacial score (nSPS) is 12.7. The van der Waals surface area contributed by atoms with Crippen molar-refractivity contribution < 1.29 is 4.74 Å². The summed E-state index contributed by atoms with van der Waals surface area (Å²) in [4.78, 5) is 8.60. The summed E-state index contributed by atoms with van der Waals surface area (Å²) in [5, 5.41) is 0. The Kier molecular flexibility index (Phi) is 3.39. The molecule has 0 saturated carbocycles. The van der Waals surface area contributed by atoms with Crippen LogP contribution in [0.1, 0.15) is 20.3 Å². The van der Waals surface area contributed by atoms with Crippen molar-refractivity contribution in [2.75, 3.05) is 0 Å². The van der Waals surface area contributed by atoms with Crippen LogP contribution >= 0.6 is 15.9 Å². The van der Waals surface area contributed by atoms with Crippen LogP contribution in [0, 0.1) is 0 Å². The van der Waals surface area contributed by atoms with Crippen molar-refractivity contribution in [2.45, 2.75) is 26.4 Å². The molecule has 2 aromatic rings. The first-order chi connectivity index (χ1) is 7.70. The van der Waals surface area contributed by atoms with Gasteiger partial charge in [0, 0.05) is 22.9 Å². The Labute approximate surface area is 103 Å². The van der Waals surface area contributed by atoms with E-state index < -0.39 is 0 Å². The van der Waals surface area contributed by atoms with Gasteiger partial charge in [-0.1, -0.05) is 6.92 Å². The van der Waals surface area contributed by atoms with Gasteiger partial charge in [-0.05, 0) is 35.3 Å². The summed E-state index contributed by atoms with van der Waals surface area (Å²) < 4.78 is 6.72. The summed E-state index contributed by atoms with van der Waals surface area (Å²) in [6.07, 6.45) is 4.66. The Morgan fingerprint density at radius 3 is 3.00 bits per heavy atom. The van der Waals surface area contributed by atoms with E-state index in [1.807, 2.05) is 19.1 Å². The number of ether oxygens (including phenoxy) is 1. The average Bonchev–Trinajstić information content (AvgIpc) is 2.28. The van der Waals surface area contributed by atoms with Crippen LogP contribution in [0.3, 0.4) is 0 Å². The van der Waals surface area contributed by atoms with Crippen molar-refractivity contribution in [1.82, 2.24) is 9.97 Å². The second-order valence-corrected chi connectivity index (χ2v) is 4.58. The van der Waals surface area contributed by atoms with Gasteiger partial charge >= 0.3 is 0 Å². The number of rotatable bonds is 3. The smallest absolute Gasteiger partial charge is 0.149 e. The van der Waals surface area contributed by atoms with Gasteiger partial charge in [0.2, 0.25) is 0 Å². The molecule has 16 heavy (non-hydrogen) atoms. The monoisotopic (exact) mass is 280 g/mol. The highest BCUT2D eigenvalue weighted by Gasteiger charge is 2.07. The van der Waals surface area contributed by atoms with Gasteiger partial charge in [-0.2, -0.15) is 0 Å². The molecule has 0 aliphatic carbocycles. The zero-order chi connectivity index (χ0) is 11.5. The molecule has 0 fully saturated rings. The minimum atomic E-state index is 0.191. The number of hydrogen-bond acceptors (Lipinski definition) is 3. The quantitative estimate of drug-likeness (QED) is 0.862. The first-order valence-electron chi connectivity index (χ1n) is 5.27. The lowest BCUT2D eigenvalue weighted by Crippen LogP contribution is -2.10. The van der Waals surface area contributed by atoms with E-state index in [4.69, 9.17) is 4.74 Å². The van der Waals surface area contributed by atoms with E-state index in [0.717, 1.165) is 27.7 Å². The lowest BCUT2D eigenvalue weighted by Gasteiger charge is -2.13. The number of aromatic nitrogens is 2. The van der Waals surface area contributed by atoms with E-state index >= 15 is 0 Å². The molecule has 0 aliphatic heterocycles. The van der Waals surface area contributed by atoms with E-state index in [2.05, 4.69) is 32.8 Å². The molecule has 4 heteroatoms. The van der Waals surface area contributed by atoms with Crippen LogP contribution in [0.4, 0.5) is 0 Å². The molecule has 2 aromatic heterocycles. The molecule has 0 bridgehead atoms. The predicted molar refractivity (Wildman–Crippen MR) is 67.6 cm³/mol. The van der Waals surface area contributed by atoms with Crippen LogP contribution in [0.2, 0.25) is 0 Å². The minimum absolute atomic E-state index is 0.191. The van der Waals surface area contributed by atoms with Gasteiger partial charge in [0.25, 0.3) is 0 Å². The molecule has 2 heterocycles. The molecule has 0 spiro atoms. The van der Waals surface area contributed by atoms with E-state index in [0.29, 0.717) is 0 Å². The Balaban J connectivity index is 2.45. The van der Waals surface area contributed by atoms with Gasteiger partial charge in [-0.3, -0.25) is 4.98 Å². The van der Waals surface area contributed by atoms with Gasteiger partial charge in [-0.25, -0.2) is 4.98 Å². The molecule has 1 unspecified atom stereocenters. The van der Waals surface area contributed by atoms with Crippen molar-refractivity contribution in [3.63, 3.8) is 0 Å². The molecule has 3 nitrogen and oxygen atoms in total. The maximum atomic E-state index is 5.80. The summed E-state index contributed by atoms with van der Waals surface area (Å²) >= 11 is 3.38. The maximum absolute atomic E-state index is 5.80. The van der Waals surface area contributed by atoms with Crippen molar-refractivity contribution in [2.24, 2.45) is 0 Å². The lowest BCUT2D eigenvalue weighted by atomic mass is 10.3. The molecule has 0 aliphatic rings. The molecule has 0 aromatic carbocycles. The molecule has 0 saturated heterocycles. The van der Waals surface area contributed by atoms with E-state index in [-0.39, 0.29) is 6.10 Å². The molecule has 0 N–H and O–H groups in total. The number of fused-ring (bicyclic) bond motifs is 1. The number of halogens is 1. The topological polar surface area (TPSA) is 35.0 Å². The van der Waals surface area contributed by atoms with Crippen LogP contribution in [0.25, 0.3) is 11.0 Å². The van der Waals surface area contributed by atoms with Gasteiger partial charge in [0.05, 0.1) is 11.6 Å². The number of pyridine rings is 2. The average molecular weight is 281 g/mol. The maximum Gasteiger partial charge on any atom is 0.149 e. The third kappa shape index (κ3) is 2.32. The van der Waals surface area contributed by atoms with Crippen LogP contribution in [0.15, 0.2) is 29.0 Å². The van der Waals surface area contributed by atoms with Crippen LogP contribution in [-0.2, 0) is 0 Å². The summed E-state index contributed by atoms with van der Waals surface area (Å²) in [6.45, 7) is 4.14. The molecule has 1 atom stereocenters. The fourth-order valence-electron chi connectivity index (χ4n) is 1.38. The van der Waals surface area contributed by atoms with Crippen LogP contribution in [0.5, 0.6) is 5.75 Å². The standard InChI is InChI=1S/C12H13BrN2O/c1-3-8(2)16-11-4-5-14-10-6-9(13)7-15-12(10)11/h4-8H,3H2,1-2H3. The summed E-state index contributed by atoms with van der Waals surface area (Å²) in [7, 11) is 0. The van der Waals surface area contributed by atoms with Gasteiger partial charge in [0.1, 0.15) is 11.3 Å². The van der Waals surface area contributed by atoms with Crippen LogP contribution in [-0.4, -0.2) is 16.1 Å². The lowest BCUT2D eigenvalue weighted by molar-refractivity contribution is 0.219. The minimum Gasteiger partial charge on any atom is -0.488 e. The van der Waals surface area contributed by atoms with E-state index in [1.165, 1.54) is 0 Å². The van der Waals surface area contributed by atoms with Gasteiger partial charge < -0.3 is 4.74 Å². The zero-order valence-corrected chi connectivity index (χ0v) is 10.9. The predicted octanol–water partition coefficient (Wildman–Crippen LogP) is 3.57. The SMILES string of the molecule is CCC(C)Oc1ccnc2cc(Br)cnc12. The van der Waals surface area contributed by atoms with Crippen LogP contribution < -0.4 is 4.74 Å². The highest BCUT2D eigenvalue weighted by Crippen LogP contribution is 2.24.